The lowest BCUT2D eigenvalue weighted by Gasteiger charge is -2.27. The van der Waals surface area contributed by atoms with Gasteiger partial charge in [-0.05, 0) is 47.6 Å². The van der Waals surface area contributed by atoms with Crippen molar-refractivity contribution in [2.75, 3.05) is 13.1 Å². The zero-order chi connectivity index (χ0) is 21.8. The number of para-hydroxylation sites is 1. The Kier molecular flexibility index (Phi) is 6.12. The van der Waals surface area contributed by atoms with Crippen molar-refractivity contribution in [1.29, 1.82) is 0 Å². The maximum atomic E-state index is 13.3. The van der Waals surface area contributed by atoms with Crippen LogP contribution in [0.25, 0.3) is 22.6 Å². The number of rotatable bonds is 5. The monoisotopic (exact) mass is 413 g/mol. The number of carbonyl (C=O) groups is 2. The summed E-state index contributed by atoms with van der Waals surface area (Å²) in [4.78, 5) is 29.4. The maximum absolute atomic E-state index is 13.3. The van der Waals surface area contributed by atoms with Gasteiger partial charge in [0.15, 0.2) is 0 Å². The molecule has 4 rings (SSSR count). The van der Waals surface area contributed by atoms with Crippen molar-refractivity contribution < 1.29 is 9.59 Å². The fourth-order valence-electron chi connectivity index (χ4n) is 4.25. The molecular weight excluding hydrogens is 386 g/mol. The SMILES string of the molecule is CC(=O)NCCNC(=O)c1c2c(nc3ccccc13)/C(=C\c1ccccc1)CC(C)C2. The van der Waals surface area contributed by atoms with E-state index in [0.717, 1.165) is 46.1 Å². The largest absolute Gasteiger partial charge is 0.355 e. The van der Waals surface area contributed by atoms with Crippen molar-refractivity contribution >= 4 is 34.4 Å². The molecule has 5 heteroatoms. The van der Waals surface area contributed by atoms with Gasteiger partial charge in [0.1, 0.15) is 0 Å². The first-order valence-corrected chi connectivity index (χ1v) is 10.7. The quantitative estimate of drug-likeness (QED) is 0.615. The van der Waals surface area contributed by atoms with E-state index >= 15 is 0 Å². The number of hydrogen-bond acceptors (Lipinski definition) is 3. The molecule has 1 aromatic heterocycles. The lowest BCUT2D eigenvalue weighted by molar-refractivity contribution is -0.118. The van der Waals surface area contributed by atoms with E-state index in [-0.39, 0.29) is 11.8 Å². The van der Waals surface area contributed by atoms with Gasteiger partial charge in [-0.1, -0.05) is 55.5 Å². The van der Waals surface area contributed by atoms with Crippen LogP contribution in [0.4, 0.5) is 0 Å². The lowest BCUT2D eigenvalue weighted by atomic mass is 9.80. The molecule has 0 spiro atoms. The van der Waals surface area contributed by atoms with Crippen molar-refractivity contribution in [1.82, 2.24) is 15.6 Å². The summed E-state index contributed by atoms with van der Waals surface area (Å²) < 4.78 is 0. The fourth-order valence-corrected chi connectivity index (χ4v) is 4.25. The van der Waals surface area contributed by atoms with Gasteiger partial charge in [0.25, 0.3) is 5.91 Å². The molecule has 1 atom stereocenters. The van der Waals surface area contributed by atoms with Crippen LogP contribution in [0.3, 0.4) is 0 Å². The maximum Gasteiger partial charge on any atom is 0.252 e. The number of hydrogen-bond donors (Lipinski definition) is 2. The molecule has 0 fully saturated rings. The Labute approximate surface area is 182 Å². The van der Waals surface area contributed by atoms with Gasteiger partial charge in [0.2, 0.25) is 5.91 Å². The van der Waals surface area contributed by atoms with Crippen molar-refractivity contribution in [3.05, 3.63) is 77.0 Å². The molecule has 0 aliphatic heterocycles. The first-order valence-electron chi connectivity index (χ1n) is 10.7. The third-order valence-corrected chi connectivity index (χ3v) is 5.57. The Morgan fingerprint density at radius 2 is 1.71 bits per heavy atom. The van der Waals surface area contributed by atoms with Crippen LogP contribution in [0.15, 0.2) is 54.6 Å². The summed E-state index contributed by atoms with van der Waals surface area (Å²) in [6.45, 7) is 4.47. The molecule has 3 aromatic rings. The second kappa shape index (κ2) is 9.13. The zero-order valence-electron chi connectivity index (χ0n) is 17.9. The fraction of sp³-hybridized carbons (Fsp3) is 0.269. The van der Waals surface area contributed by atoms with E-state index < -0.39 is 0 Å². The van der Waals surface area contributed by atoms with E-state index in [2.05, 4.69) is 35.8 Å². The van der Waals surface area contributed by atoms with Crippen LogP contribution in [0.5, 0.6) is 0 Å². The Balaban J connectivity index is 1.79. The van der Waals surface area contributed by atoms with Crippen LogP contribution in [-0.2, 0) is 11.2 Å². The van der Waals surface area contributed by atoms with Crippen LogP contribution in [0, 0.1) is 5.92 Å². The van der Waals surface area contributed by atoms with Gasteiger partial charge in [0, 0.05) is 25.4 Å². The summed E-state index contributed by atoms with van der Waals surface area (Å²) in [5.74, 6) is 0.190. The number of carbonyl (C=O) groups excluding carboxylic acids is 2. The summed E-state index contributed by atoms with van der Waals surface area (Å²) >= 11 is 0. The summed E-state index contributed by atoms with van der Waals surface area (Å²) in [7, 11) is 0. The minimum Gasteiger partial charge on any atom is -0.355 e. The molecule has 1 aliphatic carbocycles. The third kappa shape index (κ3) is 4.66. The summed E-state index contributed by atoms with van der Waals surface area (Å²) in [5, 5.41) is 6.56. The van der Waals surface area contributed by atoms with E-state index in [1.165, 1.54) is 6.92 Å². The number of aromatic nitrogens is 1. The van der Waals surface area contributed by atoms with Crippen LogP contribution in [-0.4, -0.2) is 29.9 Å². The Morgan fingerprint density at radius 3 is 2.48 bits per heavy atom. The van der Waals surface area contributed by atoms with E-state index in [1.807, 2.05) is 42.5 Å². The highest BCUT2D eigenvalue weighted by Crippen LogP contribution is 2.38. The number of fused-ring (bicyclic) bond motifs is 2. The second-order valence-corrected chi connectivity index (χ2v) is 8.16. The van der Waals surface area contributed by atoms with E-state index in [4.69, 9.17) is 4.98 Å². The third-order valence-electron chi connectivity index (χ3n) is 5.57. The number of pyridine rings is 1. The highest BCUT2D eigenvalue weighted by Gasteiger charge is 2.28. The van der Waals surface area contributed by atoms with E-state index in [1.54, 1.807) is 0 Å². The molecule has 0 saturated carbocycles. The molecule has 0 radical (unpaired) electrons. The van der Waals surface area contributed by atoms with Crippen molar-refractivity contribution in [3.8, 4) is 0 Å². The molecule has 2 N–H and O–H groups in total. The standard InChI is InChI=1S/C26H27N3O2/c1-17-14-20(16-19-8-4-3-5-9-19)25-22(15-17)24(21-10-6-7-11-23(21)29-25)26(31)28-13-12-27-18(2)30/h3-11,16-17H,12-15H2,1-2H3,(H,27,30)(H,28,31)/b20-16-. The van der Waals surface area contributed by atoms with E-state index in [9.17, 15) is 9.59 Å². The Morgan fingerprint density at radius 1 is 1.00 bits per heavy atom. The summed E-state index contributed by atoms with van der Waals surface area (Å²) in [5.41, 5.74) is 5.76. The lowest BCUT2D eigenvalue weighted by Crippen LogP contribution is -2.34. The summed E-state index contributed by atoms with van der Waals surface area (Å²) in [6.07, 6.45) is 3.93. The topological polar surface area (TPSA) is 71.1 Å². The van der Waals surface area contributed by atoms with Gasteiger partial charge >= 0.3 is 0 Å². The molecule has 31 heavy (non-hydrogen) atoms. The smallest absolute Gasteiger partial charge is 0.252 e. The van der Waals surface area contributed by atoms with Crippen LogP contribution in [0.2, 0.25) is 0 Å². The van der Waals surface area contributed by atoms with E-state index in [0.29, 0.717) is 24.6 Å². The van der Waals surface area contributed by atoms with Gasteiger partial charge < -0.3 is 10.6 Å². The molecule has 2 amide bonds. The average molecular weight is 414 g/mol. The van der Waals surface area contributed by atoms with Crippen LogP contribution < -0.4 is 10.6 Å². The highest BCUT2D eigenvalue weighted by molar-refractivity contribution is 6.09. The van der Waals surface area contributed by atoms with Crippen molar-refractivity contribution in [2.45, 2.75) is 26.7 Å². The predicted molar refractivity (Wildman–Crippen MR) is 125 cm³/mol. The Bertz CT molecular complexity index is 1150. The Hall–Kier alpha value is -3.47. The number of allylic oxidation sites excluding steroid dienone is 1. The number of nitrogens with zero attached hydrogens (tertiary/aromatic N) is 1. The molecule has 0 bridgehead atoms. The van der Waals surface area contributed by atoms with Gasteiger partial charge in [-0.3, -0.25) is 9.59 Å². The number of nitrogens with one attached hydrogen (secondary N) is 2. The molecular formula is C26H27N3O2. The van der Waals surface area contributed by atoms with Gasteiger partial charge in [-0.25, -0.2) is 4.98 Å². The molecule has 5 nitrogen and oxygen atoms in total. The zero-order valence-corrected chi connectivity index (χ0v) is 17.9. The molecule has 2 aromatic carbocycles. The molecule has 0 saturated heterocycles. The molecule has 1 unspecified atom stereocenters. The summed E-state index contributed by atoms with van der Waals surface area (Å²) in [6, 6.07) is 18.1. The minimum absolute atomic E-state index is 0.106. The number of benzene rings is 2. The van der Waals surface area contributed by atoms with Gasteiger partial charge in [0.05, 0.1) is 16.8 Å². The first kappa shape index (κ1) is 20.8. The minimum atomic E-state index is -0.117. The molecule has 1 aliphatic rings. The van der Waals surface area contributed by atoms with Gasteiger partial charge in [-0.2, -0.15) is 0 Å². The van der Waals surface area contributed by atoms with Crippen molar-refractivity contribution in [3.63, 3.8) is 0 Å². The van der Waals surface area contributed by atoms with Crippen LogP contribution >= 0.6 is 0 Å². The molecule has 1 heterocycles. The predicted octanol–water partition coefficient (Wildman–Crippen LogP) is 4.22. The molecule has 158 valence electrons. The highest BCUT2D eigenvalue weighted by atomic mass is 16.2. The first-order chi connectivity index (χ1) is 15.0. The second-order valence-electron chi connectivity index (χ2n) is 8.16. The van der Waals surface area contributed by atoms with Crippen molar-refractivity contribution in [2.24, 2.45) is 5.92 Å². The number of amides is 2. The van der Waals surface area contributed by atoms with Gasteiger partial charge in [-0.15, -0.1) is 0 Å². The average Bonchev–Trinajstić information content (AvgIpc) is 2.76. The normalized spacial score (nSPS) is 16.7. The van der Waals surface area contributed by atoms with Crippen LogP contribution in [0.1, 0.15) is 47.4 Å².